The molecule has 0 aromatic carbocycles. The van der Waals surface area contributed by atoms with Gasteiger partial charge in [-0.1, -0.05) is 26.7 Å². The van der Waals surface area contributed by atoms with Crippen LogP contribution in [0.2, 0.25) is 0 Å². The van der Waals surface area contributed by atoms with Crippen molar-refractivity contribution in [1.29, 1.82) is 0 Å². The summed E-state index contributed by atoms with van der Waals surface area (Å²) < 4.78 is 11.1. The Hall–Kier alpha value is 0.860. The Bertz CT molecular complexity index is 194. The molecule has 0 saturated heterocycles. The summed E-state index contributed by atoms with van der Waals surface area (Å²) in [4.78, 5) is 22.0. The molecule has 1 atom stereocenters. The average Bonchev–Trinajstić information content (AvgIpc) is 2.03. The summed E-state index contributed by atoms with van der Waals surface area (Å²) >= 11 is 0. The van der Waals surface area contributed by atoms with Gasteiger partial charge in [0.05, 0.1) is 7.37 Å². The third-order valence-electron chi connectivity index (χ3n) is 1.74. The van der Waals surface area contributed by atoms with Crippen molar-refractivity contribution >= 4 is 12.9 Å². The fourth-order valence-electron chi connectivity index (χ4n) is 0.936. The number of carbonyl (C=O) groups excluding carboxylic acids is 1. The van der Waals surface area contributed by atoms with Crippen molar-refractivity contribution in [3.05, 3.63) is 0 Å². The Morgan fingerprint density at radius 3 is 2.23 bits per heavy atom. The van der Waals surface area contributed by atoms with Gasteiger partial charge in [-0.3, -0.25) is 4.79 Å². The number of rotatable bonds is 6. The summed E-state index contributed by atoms with van der Waals surface area (Å²) in [6.07, 6.45) is 2.62. The summed E-state index contributed by atoms with van der Waals surface area (Å²) in [6.45, 7) is 3.57. The SMILES string of the molecule is CCCCCP(=O)([O-])C(=O)CC.[Na+]. The minimum atomic E-state index is -3.70. The number of unbranched alkanes of at least 4 members (excludes halogenated alkanes) is 2. The van der Waals surface area contributed by atoms with Crippen LogP contribution in [-0.4, -0.2) is 11.7 Å². The molecule has 0 aliphatic carbocycles. The molecule has 0 heterocycles. The molecular formula is C8H16NaO3P. The fraction of sp³-hybridized carbons (Fsp3) is 0.875. The normalized spacial score (nSPS) is 14.4. The van der Waals surface area contributed by atoms with Crippen molar-refractivity contribution < 1.29 is 43.8 Å². The second-order valence-corrected chi connectivity index (χ2v) is 5.14. The van der Waals surface area contributed by atoms with E-state index in [1.165, 1.54) is 0 Å². The molecule has 72 valence electrons. The van der Waals surface area contributed by atoms with E-state index in [2.05, 4.69) is 0 Å². The molecule has 0 spiro atoms. The third kappa shape index (κ3) is 6.87. The molecule has 0 bridgehead atoms. The molecule has 0 aliphatic heterocycles. The molecule has 0 N–H and O–H groups in total. The van der Waals surface area contributed by atoms with Gasteiger partial charge < -0.3 is 9.46 Å². The molecule has 3 nitrogen and oxygen atoms in total. The van der Waals surface area contributed by atoms with Gasteiger partial charge in [-0.05, 0) is 12.6 Å². The van der Waals surface area contributed by atoms with Crippen LogP contribution in [0.4, 0.5) is 0 Å². The maximum absolute atomic E-state index is 11.1. The van der Waals surface area contributed by atoms with Crippen LogP contribution in [-0.2, 0) is 9.36 Å². The van der Waals surface area contributed by atoms with Gasteiger partial charge in [0.25, 0.3) is 0 Å². The Labute approximate surface area is 102 Å². The van der Waals surface area contributed by atoms with Crippen LogP contribution in [0.5, 0.6) is 0 Å². The summed E-state index contributed by atoms with van der Waals surface area (Å²) in [7, 11) is -3.70. The first kappa shape index (κ1) is 16.3. The van der Waals surface area contributed by atoms with Crippen molar-refractivity contribution in [1.82, 2.24) is 0 Å². The second kappa shape index (κ2) is 8.19. The first-order chi connectivity index (χ1) is 5.54. The van der Waals surface area contributed by atoms with Gasteiger partial charge in [0, 0.05) is 6.42 Å². The quantitative estimate of drug-likeness (QED) is 0.315. The Balaban J connectivity index is 0. The predicted octanol–water partition coefficient (Wildman–Crippen LogP) is -1.24. The van der Waals surface area contributed by atoms with Crippen LogP contribution >= 0.6 is 7.37 Å². The third-order valence-corrected chi connectivity index (χ3v) is 3.72. The molecule has 13 heavy (non-hydrogen) atoms. The second-order valence-electron chi connectivity index (χ2n) is 2.85. The first-order valence-electron chi connectivity index (χ1n) is 4.38. The van der Waals surface area contributed by atoms with E-state index in [1.807, 2.05) is 6.92 Å². The number of hydrogen-bond acceptors (Lipinski definition) is 3. The van der Waals surface area contributed by atoms with E-state index in [9.17, 15) is 14.3 Å². The zero-order chi connectivity index (χ0) is 9.61. The van der Waals surface area contributed by atoms with Gasteiger partial charge in [-0.15, -0.1) is 0 Å². The largest absolute Gasteiger partial charge is 1.00 e. The molecule has 0 amide bonds. The summed E-state index contributed by atoms with van der Waals surface area (Å²) in [6, 6.07) is 0. The van der Waals surface area contributed by atoms with Gasteiger partial charge in [0.2, 0.25) is 0 Å². The van der Waals surface area contributed by atoms with Crippen LogP contribution in [0.1, 0.15) is 39.5 Å². The average molecular weight is 214 g/mol. The van der Waals surface area contributed by atoms with E-state index in [0.717, 1.165) is 12.8 Å². The van der Waals surface area contributed by atoms with E-state index in [4.69, 9.17) is 0 Å². The van der Waals surface area contributed by atoms with Crippen LogP contribution in [0, 0.1) is 0 Å². The zero-order valence-corrected chi connectivity index (χ0v) is 11.6. The van der Waals surface area contributed by atoms with Crippen molar-refractivity contribution in [2.45, 2.75) is 39.5 Å². The van der Waals surface area contributed by atoms with Crippen LogP contribution < -0.4 is 34.5 Å². The Kier molecular flexibility index (Phi) is 10.3. The maximum atomic E-state index is 11.1. The Morgan fingerprint density at radius 2 is 1.85 bits per heavy atom. The molecule has 0 aromatic heterocycles. The molecule has 0 saturated carbocycles. The number of carbonyl (C=O) groups is 1. The molecule has 0 fully saturated rings. The maximum Gasteiger partial charge on any atom is 1.00 e. The molecule has 0 radical (unpaired) electrons. The predicted molar refractivity (Wildman–Crippen MR) is 47.3 cm³/mol. The Morgan fingerprint density at radius 1 is 1.31 bits per heavy atom. The van der Waals surface area contributed by atoms with Gasteiger partial charge in [-0.25, -0.2) is 0 Å². The minimum Gasteiger partial charge on any atom is -0.794 e. The van der Waals surface area contributed by atoms with Crippen LogP contribution in [0.3, 0.4) is 0 Å². The van der Waals surface area contributed by atoms with Crippen molar-refractivity contribution in [2.24, 2.45) is 0 Å². The van der Waals surface area contributed by atoms with E-state index in [0.29, 0.717) is 6.42 Å². The minimum absolute atomic E-state index is 0. The van der Waals surface area contributed by atoms with E-state index < -0.39 is 12.9 Å². The van der Waals surface area contributed by atoms with Crippen LogP contribution in [0.15, 0.2) is 0 Å². The molecule has 0 aliphatic rings. The molecular weight excluding hydrogens is 198 g/mol. The molecule has 5 heteroatoms. The number of hydrogen-bond donors (Lipinski definition) is 0. The van der Waals surface area contributed by atoms with Crippen molar-refractivity contribution in [2.75, 3.05) is 6.16 Å². The van der Waals surface area contributed by atoms with Crippen LogP contribution in [0.25, 0.3) is 0 Å². The molecule has 1 unspecified atom stereocenters. The zero-order valence-electron chi connectivity index (χ0n) is 8.71. The van der Waals surface area contributed by atoms with Crippen molar-refractivity contribution in [3.8, 4) is 0 Å². The van der Waals surface area contributed by atoms with E-state index in [-0.39, 0.29) is 42.1 Å². The standard InChI is InChI=1S/C8H17O3P.Na/c1-3-5-6-7-12(10,11)8(9)4-2;/h3-7H2,1-2H3,(H,10,11);/q;+1/p-1. The van der Waals surface area contributed by atoms with Gasteiger partial charge >= 0.3 is 29.6 Å². The van der Waals surface area contributed by atoms with Crippen molar-refractivity contribution in [3.63, 3.8) is 0 Å². The summed E-state index contributed by atoms with van der Waals surface area (Å²) in [5.74, 6) is 0. The van der Waals surface area contributed by atoms with E-state index >= 15 is 0 Å². The monoisotopic (exact) mass is 214 g/mol. The first-order valence-corrected chi connectivity index (χ1v) is 6.19. The summed E-state index contributed by atoms with van der Waals surface area (Å²) in [5.41, 5.74) is -0.599. The van der Waals surface area contributed by atoms with Gasteiger partial charge in [-0.2, -0.15) is 0 Å². The fourth-order valence-corrected chi connectivity index (χ4v) is 2.31. The summed E-state index contributed by atoms with van der Waals surface area (Å²) in [5, 5.41) is 0. The van der Waals surface area contributed by atoms with Gasteiger partial charge in [0.1, 0.15) is 0 Å². The van der Waals surface area contributed by atoms with E-state index in [1.54, 1.807) is 6.92 Å². The molecule has 0 aromatic rings. The van der Waals surface area contributed by atoms with Gasteiger partial charge in [0.15, 0.2) is 5.52 Å². The smallest absolute Gasteiger partial charge is 0.794 e. The molecule has 0 rings (SSSR count). The topological polar surface area (TPSA) is 57.2 Å².